The number of aromatic nitrogens is 5. The minimum absolute atomic E-state index is 0.0491. The van der Waals surface area contributed by atoms with Crippen LogP contribution in [-0.4, -0.2) is 86.0 Å². The van der Waals surface area contributed by atoms with E-state index in [9.17, 15) is 13.6 Å². The molecule has 4 aliphatic heterocycles. The molecule has 9 rings (SSSR count). The molecule has 4 atom stereocenters. The van der Waals surface area contributed by atoms with Crippen LogP contribution in [0.5, 0.6) is 6.01 Å². The fourth-order valence-corrected chi connectivity index (χ4v) is 9.08. The van der Waals surface area contributed by atoms with Gasteiger partial charge in [-0.25, -0.2) is 18.7 Å². The number of halogens is 2. The van der Waals surface area contributed by atoms with E-state index in [0.717, 1.165) is 62.8 Å². The van der Waals surface area contributed by atoms with E-state index in [0.29, 0.717) is 70.9 Å². The summed E-state index contributed by atoms with van der Waals surface area (Å²) < 4.78 is 37.7. The average Bonchev–Trinajstić information content (AvgIpc) is 3.74. The molecule has 1 aliphatic carbocycles. The van der Waals surface area contributed by atoms with Crippen LogP contribution in [-0.2, 0) is 0 Å². The number of piperazine rings is 1. The van der Waals surface area contributed by atoms with Crippen LogP contribution in [0.3, 0.4) is 0 Å². The van der Waals surface area contributed by atoms with E-state index in [1.165, 1.54) is 6.07 Å². The first-order valence-corrected chi connectivity index (χ1v) is 16.9. The van der Waals surface area contributed by atoms with Gasteiger partial charge >= 0.3 is 6.01 Å². The maximum absolute atomic E-state index is 14.8. The lowest BCUT2D eigenvalue weighted by atomic mass is 9.92. The Morgan fingerprint density at radius 3 is 2.67 bits per heavy atom. The monoisotopic (exact) mass is 635 g/mol. The number of hydrogen-bond acceptors (Lipinski definition) is 11. The number of hydrogen-bond donors (Lipinski definition) is 2. The van der Waals surface area contributed by atoms with E-state index in [4.69, 9.17) is 25.4 Å². The molecule has 5 aliphatic rings. The summed E-state index contributed by atoms with van der Waals surface area (Å²) >= 11 is 1.07. The maximum atomic E-state index is 14.8. The molecule has 3 N–H and O–H groups in total. The first-order chi connectivity index (χ1) is 21.8. The molecule has 14 heteroatoms. The second-order valence-corrected chi connectivity index (χ2v) is 14.5. The minimum atomic E-state index is -0.875. The Kier molecular flexibility index (Phi) is 6.34. The van der Waals surface area contributed by atoms with Crippen molar-refractivity contribution in [1.29, 1.82) is 0 Å². The third kappa shape index (κ3) is 4.43. The van der Waals surface area contributed by atoms with Crippen molar-refractivity contribution in [2.45, 2.75) is 81.2 Å². The average molecular weight is 636 g/mol. The summed E-state index contributed by atoms with van der Waals surface area (Å²) in [7, 11) is 0. The zero-order valence-electron chi connectivity index (χ0n) is 24.8. The molecule has 2 unspecified atom stereocenters. The molecule has 1 saturated carbocycles. The Morgan fingerprint density at radius 2 is 1.89 bits per heavy atom. The maximum Gasteiger partial charge on any atom is 0.320 e. The molecule has 0 radical (unpaired) electrons. The van der Waals surface area contributed by atoms with Crippen LogP contribution in [0.4, 0.5) is 19.7 Å². The van der Waals surface area contributed by atoms with Crippen LogP contribution in [0.2, 0.25) is 0 Å². The summed E-state index contributed by atoms with van der Waals surface area (Å²) in [6.07, 6.45) is 6.25. The molecule has 4 saturated heterocycles. The highest BCUT2D eigenvalue weighted by Gasteiger charge is 2.49. The number of rotatable bonds is 6. The molecule has 7 heterocycles. The van der Waals surface area contributed by atoms with E-state index in [2.05, 4.69) is 20.1 Å². The van der Waals surface area contributed by atoms with Gasteiger partial charge in [-0.05, 0) is 63.6 Å². The molecule has 45 heavy (non-hydrogen) atoms. The van der Waals surface area contributed by atoms with Crippen LogP contribution in [0.1, 0.15) is 57.4 Å². The van der Waals surface area contributed by atoms with E-state index >= 15 is 0 Å². The first-order valence-electron chi connectivity index (χ1n) is 16.1. The summed E-state index contributed by atoms with van der Waals surface area (Å²) in [5.41, 5.74) is 6.57. The zero-order valence-corrected chi connectivity index (χ0v) is 25.7. The van der Waals surface area contributed by atoms with Gasteiger partial charge in [0.2, 0.25) is 0 Å². The van der Waals surface area contributed by atoms with Crippen LogP contribution < -0.4 is 26.2 Å². The second kappa shape index (κ2) is 10.3. The SMILES string of the molecule is Nc1nc2c(-c3nc4nc(OC[C@@]56CCCN5C[C@H](F)C6)nc(N5CC6CCC(C5)N6)c4c(=O)n3C3CCC3)ccc(F)c2s1. The van der Waals surface area contributed by atoms with E-state index in [1.807, 2.05) is 0 Å². The molecule has 3 aromatic heterocycles. The molecular weight excluding hydrogens is 600 g/mol. The highest BCUT2D eigenvalue weighted by molar-refractivity contribution is 7.22. The smallest absolute Gasteiger partial charge is 0.320 e. The molecule has 236 valence electrons. The Morgan fingerprint density at radius 1 is 1.07 bits per heavy atom. The highest BCUT2D eigenvalue weighted by atomic mass is 32.1. The van der Waals surface area contributed by atoms with Crippen molar-refractivity contribution in [2.75, 3.05) is 43.4 Å². The van der Waals surface area contributed by atoms with Gasteiger partial charge in [0.15, 0.2) is 16.6 Å². The van der Waals surface area contributed by atoms with Gasteiger partial charge in [0.05, 0.1) is 15.8 Å². The number of alkyl halides is 1. The van der Waals surface area contributed by atoms with Crippen molar-refractivity contribution in [3.05, 3.63) is 28.3 Å². The molecule has 2 bridgehead atoms. The van der Waals surface area contributed by atoms with Crippen molar-refractivity contribution in [3.8, 4) is 17.4 Å². The van der Waals surface area contributed by atoms with Gasteiger partial charge in [-0.15, -0.1) is 0 Å². The quantitative estimate of drug-likeness (QED) is 0.323. The van der Waals surface area contributed by atoms with Gasteiger partial charge in [-0.1, -0.05) is 11.3 Å². The standard InChI is InChI=1S/C31H35F2N9O2S/c32-16-11-31(9-2-10-41(31)12-16)15-44-30-38-25-22(27(39-30)40-13-17-5-6-18(14-40)35-17)28(43)42(19-3-1-4-19)26(37-25)20-7-8-21(33)24-23(20)36-29(34)45-24/h7-8,16-19,35H,1-6,9-15H2,(H2,34,36)/t16-,17?,18?,31+/m1/s1. The van der Waals surface area contributed by atoms with Crippen molar-refractivity contribution < 1.29 is 13.5 Å². The molecule has 5 fully saturated rings. The van der Waals surface area contributed by atoms with Gasteiger partial charge in [0, 0.05) is 49.7 Å². The summed E-state index contributed by atoms with van der Waals surface area (Å²) in [5, 5.41) is 4.26. The van der Waals surface area contributed by atoms with Crippen LogP contribution in [0.25, 0.3) is 32.6 Å². The Bertz CT molecular complexity index is 1880. The Hall–Kier alpha value is -3.49. The van der Waals surface area contributed by atoms with Gasteiger partial charge in [-0.2, -0.15) is 9.97 Å². The topological polar surface area (TPSA) is 127 Å². The number of nitrogens with one attached hydrogen (secondary N) is 1. The van der Waals surface area contributed by atoms with Crippen molar-refractivity contribution >= 4 is 43.5 Å². The predicted octanol–water partition coefficient (Wildman–Crippen LogP) is 3.81. The Balaban J connectivity index is 1.22. The second-order valence-electron chi connectivity index (χ2n) is 13.5. The summed E-state index contributed by atoms with van der Waals surface area (Å²) in [6, 6.07) is 3.70. The number of anilines is 2. The number of fused-ring (bicyclic) bond motifs is 5. The van der Waals surface area contributed by atoms with E-state index in [-0.39, 0.29) is 40.5 Å². The van der Waals surface area contributed by atoms with Crippen molar-refractivity contribution in [1.82, 2.24) is 34.7 Å². The van der Waals surface area contributed by atoms with Crippen LogP contribution >= 0.6 is 11.3 Å². The highest BCUT2D eigenvalue weighted by Crippen LogP contribution is 2.42. The number of nitrogens with zero attached hydrogens (tertiary/aromatic N) is 7. The number of nitrogens with two attached hydrogens (primary N) is 1. The lowest BCUT2D eigenvalue weighted by Gasteiger charge is -2.35. The first kappa shape index (κ1) is 27.8. The zero-order chi connectivity index (χ0) is 30.4. The summed E-state index contributed by atoms with van der Waals surface area (Å²) in [5.74, 6) is 0.501. The molecule has 0 spiro atoms. The van der Waals surface area contributed by atoms with Gasteiger partial charge < -0.3 is 20.7 Å². The van der Waals surface area contributed by atoms with Gasteiger partial charge in [0.1, 0.15) is 29.8 Å². The third-order valence-electron chi connectivity index (χ3n) is 10.7. The summed E-state index contributed by atoms with van der Waals surface area (Å²) in [6.45, 7) is 2.98. The molecule has 1 aromatic carbocycles. The summed E-state index contributed by atoms with van der Waals surface area (Å²) in [4.78, 5) is 38.2. The third-order valence-corrected chi connectivity index (χ3v) is 11.6. The largest absolute Gasteiger partial charge is 0.461 e. The van der Waals surface area contributed by atoms with E-state index < -0.39 is 12.0 Å². The predicted molar refractivity (Wildman–Crippen MR) is 168 cm³/mol. The molecular formula is C31H35F2N9O2S. The van der Waals surface area contributed by atoms with Crippen molar-refractivity contribution in [3.63, 3.8) is 0 Å². The fourth-order valence-electron chi connectivity index (χ4n) is 8.32. The minimum Gasteiger partial charge on any atom is -0.461 e. The van der Waals surface area contributed by atoms with Gasteiger partial charge in [-0.3, -0.25) is 14.3 Å². The molecule has 0 amide bonds. The van der Waals surface area contributed by atoms with Crippen LogP contribution in [0.15, 0.2) is 16.9 Å². The van der Waals surface area contributed by atoms with E-state index in [1.54, 1.807) is 10.6 Å². The van der Waals surface area contributed by atoms with Crippen molar-refractivity contribution in [2.24, 2.45) is 0 Å². The number of benzene rings is 1. The lowest BCUT2D eigenvalue weighted by molar-refractivity contribution is 0.107. The van der Waals surface area contributed by atoms with Gasteiger partial charge in [0.25, 0.3) is 5.56 Å². The normalized spacial score (nSPS) is 28.3. The fraction of sp³-hybridized carbons (Fsp3) is 0.581. The Labute approximate surface area is 261 Å². The number of ether oxygens (including phenoxy) is 1. The molecule has 11 nitrogen and oxygen atoms in total. The number of thiazole rings is 1. The lowest BCUT2D eigenvalue weighted by Crippen LogP contribution is -2.51. The van der Waals surface area contributed by atoms with Crippen LogP contribution in [0, 0.1) is 5.82 Å². The molecule has 4 aromatic rings. The number of nitrogen functional groups attached to an aromatic ring is 1.